The molecule has 1 aliphatic carbocycles. The molecule has 1 fully saturated rings. The Bertz CT molecular complexity index is 539. The highest BCUT2D eigenvalue weighted by Crippen LogP contribution is 2.26. The zero-order chi connectivity index (χ0) is 12.5. The van der Waals surface area contributed by atoms with Gasteiger partial charge >= 0.3 is 0 Å². The maximum absolute atomic E-state index is 5.85. The first-order valence-corrected chi connectivity index (χ1v) is 7.02. The Morgan fingerprint density at radius 3 is 2.89 bits per heavy atom. The second-order valence-electron chi connectivity index (χ2n) is 5.47. The second kappa shape index (κ2) is 4.77. The third kappa shape index (κ3) is 2.44. The second-order valence-corrected chi connectivity index (χ2v) is 5.47. The molecule has 1 unspecified atom stereocenters. The number of fused-ring (bicyclic) bond motifs is 1. The zero-order valence-corrected chi connectivity index (χ0v) is 11.2. The van der Waals surface area contributed by atoms with Crippen LogP contribution in [0.1, 0.15) is 50.4 Å². The summed E-state index contributed by atoms with van der Waals surface area (Å²) in [5, 5.41) is 4.73. The minimum atomic E-state index is 0.623. The lowest BCUT2D eigenvalue weighted by molar-refractivity contribution is 0.512. The molecule has 3 rings (SSSR count). The van der Waals surface area contributed by atoms with Gasteiger partial charge in [-0.25, -0.2) is 0 Å². The van der Waals surface area contributed by atoms with E-state index in [0.29, 0.717) is 5.92 Å². The van der Waals surface area contributed by atoms with E-state index in [9.17, 15) is 0 Å². The Balaban J connectivity index is 1.81. The van der Waals surface area contributed by atoms with Crippen LogP contribution >= 0.6 is 0 Å². The summed E-state index contributed by atoms with van der Waals surface area (Å²) >= 11 is 0. The molecule has 2 nitrogen and oxygen atoms in total. The van der Waals surface area contributed by atoms with Gasteiger partial charge in [0.15, 0.2) is 0 Å². The maximum atomic E-state index is 5.85. The van der Waals surface area contributed by atoms with Crippen LogP contribution in [0.25, 0.3) is 11.0 Å². The maximum Gasteiger partial charge on any atom is 0.134 e. The van der Waals surface area contributed by atoms with Crippen LogP contribution in [-0.4, -0.2) is 6.04 Å². The van der Waals surface area contributed by atoms with Gasteiger partial charge < -0.3 is 9.73 Å². The first kappa shape index (κ1) is 11.8. The summed E-state index contributed by atoms with van der Waals surface area (Å²) < 4.78 is 5.85. The zero-order valence-electron chi connectivity index (χ0n) is 11.2. The van der Waals surface area contributed by atoms with Gasteiger partial charge in [0, 0.05) is 11.4 Å². The SMILES string of the molecule is CCC(C)c1ccc2oc(CNC3CC3)cc2c1. The topological polar surface area (TPSA) is 25.2 Å². The van der Waals surface area contributed by atoms with E-state index in [1.807, 2.05) is 0 Å². The molecule has 1 N–H and O–H groups in total. The van der Waals surface area contributed by atoms with E-state index in [2.05, 4.69) is 43.4 Å². The van der Waals surface area contributed by atoms with Crippen molar-refractivity contribution in [3.05, 3.63) is 35.6 Å². The highest BCUT2D eigenvalue weighted by atomic mass is 16.3. The fourth-order valence-corrected chi connectivity index (χ4v) is 2.28. The summed E-state index contributed by atoms with van der Waals surface area (Å²) in [6.45, 7) is 5.37. The minimum Gasteiger partial charge on any atom is -0.460 e. The van der Waals surface area contributed by atoms with Gasteiger partial charge in [0.1, 0.15) is 11.3 Å². The van der Waals surface area contributed by atoms with Crippen molar-refractivity contribution in [2.45, 2.75) is 51.6 Å². The molecule has 1 heterocycles. The lowest BCUT2D eigenvalue weighted by Gasteiger charge is -2.07. The lowest BCUT2D eigenvalue weighted by atomic mass is 9.98. The molecule has 18 heavy (non-hydrogen) atoms. The van der Waals surface area contributed by atoms with Crippen molar-refractivity contribution < 1.29 is 4.42 Å². The van der Waals surface area contributed by atoms with Crippen LogP contribution in [0.15, 0.2) is 28.7 Å². The Morgan fingerprint density at radius 2 is 2.17 bits per heavy atom. The van der Waals surface area contributed by atoms with E-state index in [1.54, 1.807) is 0 Å². The monoisotopic (exact) mass is 243 g/mol. The molecule has 0 aliphatic heterocycles. The molecule has 2 heteroatoms. The Labute approximate surface area is 108 Å². The molecular weight excluding hydrogens is 222 g/mol. The van der Waals surface area contributed by atoms with Gasteiger partial charge in [0.25, 0.3) is 0 Å². The molecule has 1 atom stereocenters. The van der Waals surface area contributed by atoms with Gasteiger partial charge in [-0.05, 0) is 48.9 Å². The molecule has 0 amide bonds. The van der Waals surface area contributed by atoms with Crippen LogP contribution in [0, 0.1) is 0 Å². The number of hydrogen-bond donors (Lipinski definition) is 1. The molecule has 1 aromatic heterocycles. The Morgan fingerprint density at radius 1 is 1.33 bits per heavy atom. The van der Waals surface area contributed by atoms with E-state index >= 15 is 0 Å². The number of nitrogens with one attached hydrogen (secondary N) is 1. The van der Waals surface area contributed by atoms with Crippen LogP contribution in [-0.2, 0) is 6.54 Å². The van der Waals surface area contributed by atoms with Crippen LogP contribution in [0.4, 0.5) is 0 Å². The summed E-state index contributed by atoms with van der Waals surface area (Å²) in [5.74, 6) is 1.68. The molecule has 0 spiro atoms. The summed E-state index contributed by atoms with van der Waals surface area (Å²) in [7, 11) is 0. The Hall–Kier alpha value is -1.28. The quantitative estimate of drug-likeness (QED) is 0.851. The summed E-state index contributed by atoms with van der Waals surface area (Å²) in [4.78, 5) is 0. The normalized spacial score (nSPS) is 17.2. The summed E-state index contributed by atoms with van der Waals surface area (Å²) in [5.41, 5.74) is 2.42. The predicted molar refractivity (Wildman–Crippen MR) is 74.8 cm³/mol. The average molecular weight is 243 g/mol. The molecule has 0 radical (unpaired) electrons. The third-order valence-electron chi connectivity index (χ3n) is 3.92. The minimum absolute atomic E-state index is 0.623. The van der Waals surface area contributed by atoms with E-state index in [4.69, 9.17) is 4.42 Å². The molecule has 1 aromatic carbocycles. The molecule has 1 aliphatic rings. The van der Waals surface area contributed by atoms with Crippen molar-refractivity contribution >= 4 is 11.0 Å². The standard InChI is InChI=1S/C16H21NO/c1-3-11(2)12-4-7-16-13(8-12)9-15(18-16)10-17-14-5-6-14/h4,7-9,11,14,17H,3,5-6,10H2,1-2H3. The predicted octanol–water partition coefficient (Wildman–Crippen LogP) is 4.20. The molecule has 96 valence electrons. The van der Waals surface area contributed by atoms with Crippen molar-refractivity contribution in [1.29, 1.82) is 0 Å². The molecule has 1 saturated carbocycles. The van der Waals surface area contributed by atoms with Crippen molar-refractivity contribution in [1.82, 2.24) is 5.32 Å². The van der Waals surface area contributed by atoms with E-state index in [-0.39, 0.29) is 0 Å². The average Bonchev–Trinajstić information content (AvgIpc) is 3.13. The number of hydrogen-bond acceptors (Lipinski definition) is 2. The van der Waals surface area contributed by atoms with Crippen LogP contribution in [0.5, 0.6) is 0 Å². The summed E-state index contributed by atoms with van der Waals surface area (Å²) in [6.07, 6.45) is 3.82. The number of furan rings is 1. The third-order valence-corrected chi connectivity index (χ3v) is 3.92. The number of benzene rings is 1. The van der Waals surface area contributed by atoms with Crippen molar-refractivity contribution in [3.63, 3.8) is 0 Å². The van der Waals surface area contributed by atoms with Gasteiger partial charge in [0.2, 0.25) is 0 Å². The highest BCUT2D eigenvalue weighted by Gasteiger charge is 2.20. The van der Waals surface area contributed by atoms with Crippen LogP contribution in [0.2, 0.25) is 0 Å². The highest BCUT2D eigenvalue weighted by molar-refractivity contribution is 5.78. The van der Waals surface area contributed by atoms with E-state index < -0.39 is 0 Å². The van der Waals surface area contributed by atoms with E-state index in [1.165, 1.54) is 30.2 Å². The largest absolute Gasteiger partial charge is 0.460 e. The fourth-order valence-electron chi connectivity index (χ4n) is 2.28. The molecule has 0 saturated heterocycles. The smallest absolute Gasteiger partial charge is 0.134 e. The van der Waals surface area contributed by atoms with Gasteiger partial charge in [-0.15, -0.1) is 0 Å². The van der Waals surface area contributed by atoms with Gasteiger partial charge in [-0.3, -0.25) is 0 Å². The van der Waals surface area contributed by atoms with Crippen molar-refractivity contribution in [2.75, 3.05) is 0 Å². The van der Waals surface area contributed by atoms with Crippen molar-refractivity contribution in [3.8, 4) is 0 Å². The summed E-state index contributed by atoms with van der Waals surface area (Å²) in [6, 6.07) is 9.48. The fraction of sp³-hybridized carbons (Fsp3) is 0.500. The molecular formula is C16H21NO. The van der Waals surface area contributed by atoms with E-state index in [0.717, 1.165) is 23.9 Å². The lowest BCUT2D eigenvalue weighted by Crippen LogP contribution is -2.14. The number of rotatable bonds is 5. The van der Waals surface area contributed by atoms with Gasteiger partial charge in [-0.2, -0.15) is 0 Å². The molecule has 0 bridgehead atoms. The van der Waals surface area contributed by atoms with Crippen LogP contribution < -0.4 is 5.32 Å². The van der Waals surface area contributed by atoms with Gasteiger partial charge in [-0.1, -0.05) is 19.9 Å². The van der Waals surface area contributed by atoms with Crippen LogP contribution in [0.3, 0.4) is 0 Å². The molecule has 2 aromatic rings. The Kier molecular flexibility index (Phi) is 3.13. The van der Waals surface area contributed by atoms with Crippen molar-refractivity contribution in [2.24, 2.45) is 0 Å². The van der Waals surface area contributed by atoms with Gasteiger partial charge in [0.05, 0.1) is 6.54 Å². The first-order valence-electron chi connectivity index (χ1n) is 7.02. The first-order chi connectivity index (χ1) is 8.76.